The van der Waals surface area contributed by atoms with Crippen molar-refractivity contribution < 1.29 is 4.42 Å². The molecule has 1 fully saturated rings. The molecule has 0 atom stereocenters. The number of hydrogen-bond acceptors (Lipinski definition) is 5. The Morgan fingerprint density at radius 3 is 2.82 bits per heavy atom. The fourth-order valence-electron chi connectivity index (χ4n) is 2.93. The Kier molecular flexibility index (Phi) is 6.44. The minimum absolute atomic E-state index is 0. The second kappa shape index (κ2) is 8.11. The van der Waals surface area contributed by atoms with Gasteiger partial charge in [-0.2, -0.15) is 0 Å². The molecule has 0 bridgehead atoms. The number of piperidine rings is 1. The third-order valence-corrected chi connectivity index (χ3v) is 5.06. The van der Waals surface area contributed by atoms with E-state index in [0.717, 1.165) is 54.3 Å². The van der Waals surface area contributed by atoms with E-state index in [2.05, 4.69) is 21.7 Å². The molecule has 0 amide bonds. The van der Waals surface area contributed by atoms with E-state index in [0.29, 0.717) is 0 Å². The summed E-state index contributed by atoms with van der Waals surface area (Å²) in [6, 6.07) is 4.09. The first-order valence-corrected chi connectivity index (χ1v) is 8.51. The van der Waals surface area contributed by atoms with Crippen LogP contribution in [0.4, 0.5) is 0 Å². The Bertz CT molecular complexity index is 562. The van der Waals surface area contributed by atoms with Crippen molar-refractivity contribution in [3.05, 3.63) is 29.0 Å². The van der Waals surface area contributed by atoms with Crippen LogP contribution in [0.2, 0.25) is 0 Å². The van der Waals surface area contributed by atoms with Crippen molar-refractivity contribution in [2.75, 3.05) is 26.7 Å². The monoisotopic (exact) mass is 341 g/mol. The van der Waals surface area contributed by atoms with Crippen molar-refractivity contribution in [3.8, 4) is 10.8 Å². The number of nitrogens with one attached hydrogen (secondary N) is 1. The number of halogens is 1. The van der Waals surface area contributed by atoms with Gasteiger partial charge >= 0.3 is 0 Å². The number of rotatable bonds is 5. The van der Waals surface area contributed by atoms with Gasteiger partial charge in [0.25, 0.3) is 0 Å². The molecule has 1 saturated heterocycles. The molecule has 3 rings (SSSR count). The fourth-order valence-corrected chi connectivity index (χ4v) is 3.58. The van der Waals surface area contributed by atoms with Crippen molar-refractivity contribution in [1.29, 1.82) is 0 Å². The number of likely N-dealkylation sites (tertiary alicyclic amines) is 1. The Labute approximate surface area is 142 Å². The van der Waals surface area contributed by atoms with Crippen molar-refractivity contribution in [3.63, 3.8) is 0 Å². The fraction of sp³-hybridized carbons (Fsp3) is 0.562. The zero-order valence-electron chi connectivity index (χ0n) is 13.2. The molecule has 0 saturated carbocycles. The van der Waals surface area contributed by atoms with Crippen molar-refractivity contribution in [1.82, 2.24) is 15.2 Å². The average Bonchev–Trinajstić information content (AvgIpc) is 3.12. The molecule has 0 unspecified atom stereocenters. The highest BCUT2D eigenvalue weighted by Gasteiger charge is 2.21. The standard InChI is InChI=1S/C16H23N3OS.ClH/c1-12-14(18-16(20-12)15-4-3-9-21-15)11-19-7-5-13(6-8-19)10-17-2;/h3-4,9,13,17H,5-8,10-11H2,1-2H3;1H. The normalized spacial score (nSPS) is 16.6. The molecule has 0 aliphatic carbocycles. The lowest BCUT2D eigenvalue weighted by Crippen LogP contribution is -2.36. The van der Waals surface area contributed by atoms with Crippen LogP contribution >= 0.6 is 23.7 Å². The Morgan fingerprint density at radius 1 is 1.41 bits per heavy atom. The lowest BCUT2D eigenvalue weighted by Gasteiger charge is -2.31. The van der Waals surface area contributed by atoms with Crippen molar-refractivity contribution >= 4 is 23.7 Å². The van der Waals surface area contributed by atoms with Crippen LogP contribution in [0, 0.1) is 12.8 Å². The van der Waals surface area contributed by atoms with Crippen LogP contribution in [0.15, 0.2) is 21.9 Å². The first kappa shape index (κ1) is 17.5. The van der Waals surface area contributed by atoms with Gasteiger partial charge < -0.3 is 9.73 Å². The molecule has 0 radical (unpaired) electrons. The molecule has 2 aromatic heterocycles. The molecule has 6 heteroatoms. The SMILES string of the molecule is CNCC1CCN(Cc2nc(-c3cccs3)oc2C)CC1.Cl. The van der Waals surface area contributed by atoms with E-state index < -0.39 is 0 Å². The highest BCUT2D eigenvalue weighted by atomic mass is 35.5. The first-order valence-electron chi connectivity index (χ1n) is 7.63. The van der Waals surface area contributed by atoms with Crippen molar-refractivity contribution in [2.45, 2.75) is 26.3 Å². The molecule has 0 aromatic carbocycles. The Balaban J connectivity index is 0.00000176. The maximum atomic E-state index is 5.82. The number of thiophene rings is 1. The van der Waals surface area contributed by atoms with Gasteiger partial charge in [0.2, 0.25) is 5.89 Å². The minimum atomic E-state index is 0. The van der Waals surface area contributed by atoms with Crippen LogP contribution in [0.1, 0.15) is 24.3 Å². The van der Waals surface area contributed by atoms with Crippen LogP contribution in [-0.4, -0.2) is 36.6 Å². The second-order valence-electron chi connectivity index (χ2n) is 5.78. The largest absolute Gasteiger partial charge is 0.440 e. The molecule has 3 heterocycles. The van der Waals surface area contributed by atoms with E-state index in [1.165, 1.54) is 12.8 Å². The van der Waals surface area contributed by atoms with E-state index in [9.17, 15) is 0 Å². The second-order valence-corrected chi connectivity index (χ2v) is 6.72. The molecular weight excluding hydrogens is 318 g/mol. The number of nitrogens with zero attached hydrogens (tertiary/aromatic N) is 2. The van der Waals surface area contributed by atoms with Gasteiger partial charge in [-0.3, -0.25) is 4.90 Å². The lowest BCUT2D eigenvalue weighted by molar-refractivity contribution is 0.174. The summed E-state index contributed by atoms with van der Waals surface area (Å²) in [5.74, 6) is 2.55. The summed E-state index contributed by atoms with van der Waals surface area (Å²) in [6.45, 7) is 6.39. The first-order chi connectivity index (χ1) is 10.3. The maximum Gasteiger partial charge on any atom is 0.236 e. The number of aromatic nitrogens is 1. The van der Waals surface area contributed by atoms with Gasteiger partial charge in [-0.15, -0.1) is 23.7 Å². The van der Waals surface area contributed by atoms with Gasteiger partial charge in [0.15, 0.2) is 0 Å². The van der Waals surface area contributed by atoms with E-state index in [-0.39, 0.29) is 12.4 Å². The summed E-state index contributed by atoms with van der Waals surface area (Å²) >= 11 is 1.67. The number of aryl methyl sites for hydroxylation is 1. The molecule has 22 heavy (non-hydrogen) atoms. The highest BCUT2D eigenvalue weighted by Crippen LogP contribution is 2.27. The summed E-state index contributed by atoms with van der Waals surface area (Å²) in [7, 11) is 2.04. The van der Waals surface area contributed by atoms with E-state index in [1.807, 2.05) is 20.0 Å². The van der Waals surface area contributed by atoms with Crippen LogP contribution in [0.25, 0.3) is 10.8 Å². The summed E-state index contributed by atoms with van der Waals surface area (Å²) in [4.78, 5) is 8.30. The molecular formula is C16H24ClN3OS. The Hall–Kier alpha value is -0.880. The quantitative estimate of drug-likeness (QED) is 0.902. The molecule has 1 aliphatic rings. The van der Waals surface area contributed by atoms with Crippen molar-refractivity contribution in [2.24, 2.45) is 5.92 Å². The highest BCUT2D eigenvalue weighted by molar-refractivity contribution is 7.13. The van der Waals surface area contributed by atoms with Crippen LogP contribution < -0.4 is 5.32 Å². The minimum Gasteiger partial charge on any atom is -0.440 e. The third kappa shape index (κ3) is 4.10. The topological polar surface area (TPSA) is 41.3 Å². The van der Waals surface area contributed by atoms with Gasteiger partial charge in [-0.1, -0.05) is 6.07 Å². The van der Waals surface area contributed by atoms with E-state index >= 15 is 0 Å². The lowest BCUT2D eigenvalue weighted by atomic mass is 9.97. The maximum absolute atomic E-state index is 5.82. The molecule has 1 N–H and O–H groups in total. The van der Waals surface area contributed by atoms with Gasteiger partial charge in [-0.05, 0) is 63.8 Å². The van der Waals surface area contributed by atoms with Crippen LogP contribution in [-0.2, 0) is 6.54 Å². The third-order valence-electron chi connectivity index (χ3n) is 4.20. The zero-order valence-corrected chi connectivity index (χ0v) is 14.8. The Morgan fingerprint density at radius 2 is 2.18 bits per heavy atom. The molecule has 122 valence electrons. The van der Waals surface area contributed by atoms with Gasteiger partial charge in [0.05, 0.1) is 10.6 Å². The summed E-state index contributed by atoms with van der Waals surface area (Å²) in [5.41, 5.74) is 1.09. The van der Waals surface area contributed by atoms with Crippen LogP contribution in [0.5, 0.6) is 0 Å². The average molecular weight is 342 g/mol. The zero-order chi connectivity index (χ0) is 14.7. The van der Waals surface area contributed by atoms with Gasteiger partial charge in [0.1, 0.15) is 5.76 Å². The van der Waals surface area contributed by atoms with Gasteiger partial charge in [0, 0.05) is 6.54 Å². The molecule has 2 aromatic rings. The number of hydrogen-bond donors (Lipinski definition) is 1. The van der Waals surface area contributed by atoms with E-state index in [4.69, 9.17) is 9.40 Å². The molecule has 4 nitrogen and oxygen atoms in total. The summed E-state index contributed by atoms with van der Waals surface area (Å²) in [6.07, 6.45) is 2.55. The predicted octanol–water partition coefficient (Wildman–Crippen LogP) is 3.56. The summed E-state index contributed by atoms with van der Waals surface area (Å²) < 4.78 is 5.82. The van der Waals surface area contributed by atoms with E-state index in [1.54, 1.807) is 11.3 Å². The van der Waals surface area contributed by atoms with Crippen LogP contribution in [0.3, 0.4) is 0 Å². The summed E-state index contributed by atoms with van der Waals surface area (Å²) in [5, 5.41) is 5.34. The molecule has 1 aliphatic heterocycles. The van der Waals surface area contributed by atoms with Gasteiger partial charge in [-0.25, -0.2) is 4.98 Å². The molecule has 0 spiro atoms. The predicted molar refractivity (Wildman–Crippen MR) is 93.7 cm³/mol. The number of oxazole rings is 1. The smallest absolute Gasteiger partial charge is 0.236 e.